The first-order valence-corrected chi connectivity index (χ1v) is 9.52. The van der Waals surface area contributed by atoms with Gasteiger partial charge in [-0.1, -0.05) is 34.1 Å². The Morgan fingerprint density at radius 3 is 2.52 bits per heavy atom. The fourth-order valence-electron chi connectivity index (χ4n) is 3.35. The molecule has 1 amide bonds. The van der Waals surface area contributed by atoms with Gasteiger partial charge in [0, 0.05) is 15.8 Å². The lowest BCUT2D eigenvalue weighted by molar-refractivity contribution is -0.892. The normalized spacial score (nSPS) is 15.2. The van der Waals surface area contributed by atoms with E-state index in [1.165, 1.54) is 16.2 Å². The number of nitrogens with one attached hydrogen (secondary N) is 2. The largest absolute Gasteiger partial charge is 0.360 e. The maximum atomic E-state index is 12.4. The van der Waals surface area contributed by atoms with E-state index in [-0.39, 0.29) is 5.91 Å². The van der Waals surface area contributed by atoms with Crippen LogP contribution in [0.3, 0.4) is 0 Å². The van der Waals surface area contributed by atoms with E-state index in [4.69, 9.17) is 0 Å². The molecule has 0 bridgehead atoms. The standard InChI is InChI=1S/C20H24BrN3O/c1-15-5-3-4-6-19(15)24-11-9-23(10-12-24)14-20(25)22-18-8-7-17(21)13-16(18)2/h3-8,13H,9-12,14H2,1-2H3,(H,22,25)/p+1. The summed E-state index contributed by atoms with van der Waals surface area (Å²) in [6.45, 7) is 8.64. The Morgan fingerprint density at radius 1 is 1.12 bits per heavy atom. The number of nitrogens with zero attached hydrogens (tertiary/aromatic N) is 1. The van der Waals surface area contributed by atoms with Crippen LogP contribution in [-0.4, -0.2) is 38.6 Å². The van der Waals surface area contributed by atoms with Gasteiger partial charge in [0.25, 0.3) is 5.91 Å². The van der Waals surface area contributed by atoms with Gasteiger partial charge >= 0.3 is 0 Å². The van der Waals surface area contributed by atoms with Crippen LogP contribution in [0.1, 0.15) is 11.1 Å². The molecule has 0 saturated carbocycles. The van der Waals surface area contributed by atoms with E-state index < -0.39 is 0 Å². The molecule has 4 nitrogen and oxygen atoms in total. The van der Waals surface area contributed by atoms with Crippen molar-refractivity contribution >= 4 is 33.2 Å². The third kappa shape index (κ3) is 4.61. The van der Waals surface area contributed by atoms with Crippen molar-refractivity contribution < 1.29 is 9.69 Å². The highest BCUT2D eigenvalue weighted by molar-refractivity contribution is 9.10. The van der Waals surface area contributed by atoms with Crippen LogP contribution in [0.4, 0.5) is 11.4 Å². The Balaban J connectivity index is 1.52. The second-order valence-corrected chi connectivity index (χ2v) is 7.62. The molecule has 0 unspecified atom stereocenters. The van der Waals surface area contributed by atoms with E-state index in [1.54, 1.807) is 0 Å². The molecule has 0 aromatic heterocycles. The Kier molecular flexibility index (Phi) is 5.76. The molecule has 2 aromatic carbocycles. The minimum atomic E-state index is 0.0877. The van der Waals surface area contributed by atoms with Gasteiger partial charge in [-0.2, -0.15) is 0 Å². The van der Waals surface area contributed by atoms with Crippen LogP contribution in [0.2, 0.25) is 0 Å². The number of halogens is 1. The van der Waals surface area contributed by atoms with Crippen LogP contribution in [0.25, 0.3) is 0 Å². The Morgan fingerprint density at radius 2 is 1.84 bits per heavy atom. The molecule has 1 aliphatic rings. The van der Waals surface area contributed by atoms with Crippen LogP contribution >= 0.6 is 15.9 Å². The smallest absolute Gasteiger partial charge is 0.279 e. The van der Waals surface area contributed by atoms with Gasteiger partial charge in [-0.05, 0) is 49.2 Å². The van der Waals surface area contributed by atoms with Gasteiger partial charge in [0.05, 0.1) is 26.2 Å². The van der Waals surface area contributed by atoms with Gasteiger partial charge in [-0.15, -0.1) is 0 Å². The number of carbonyl (C=O) groups is 1. The molecule has 0 radical (unpaired) electrons. The van der Waals surface area contributed by atoms with Crippen molar-refractivity contribution in [1.29, 1.82) is 0 Å². The molecular formula is C20H25BrN3O+. The third-order valence-corrected chi connectivity index (χ3v) is 5.29. The zero-order chi connectivity index (χ0) is 17.8. The highest BCUT2D eigenvalue weighted by Crippen LogP contribution is 2.20. The Labute approximate surface area is 158 Å². The molecule has 5 heteroatoms. The fraction of sp³-hybridized carbons (Fsp3) is 0.350. The number of aryl methyl sites for hydroxylation is 2. The Bertz CT molecular complexity index is 754. The van der Waals surface area contributed by atoms with Gasteiger partial charge in [-0.25, -0.2) is 0 Å². The summed E-state index contributed by atoms with van der Waals surface area (Å²) in [5, 5.41) is 3.04. The van der Waals surface area contributed by atoms with E-state index in [0.717, 1.165) is 41.9 Å². The second-order valence-electron chi connectivity index (χ2n) is 6.71. The monoisotopic (exact) mass is 402 g/mol. The molecule has 132 valence electrons. The maximum absolute atomic E-state index is 12.4. The summed E-state index contributed by atoms with van der Waals surface area (Å²) < 4.78 is 1.03. The van der Waals surface area contributed by atoms with Crippen molar-refractivity contribution in [3.05, 3.63) is 58.1 Å². The number of para-hydroxylation sites is 1. The van der Waals surface area contributed by atoms with Crippen molar-refractivity contribution in [2.75, 3.05) is 42.9 Å². The first kappa shape index (κ1) is 18.0. The van der Waals surface area contributed by atoms with Crippen LogP contribution in [-0.2, 0) is 4.79 Å². The molecule has 0 spiro atoms. The average molecular weight is 403 g/mol. The number of carbonyl (C=O) groups excluding carboxylic acids is 1. The molecule has 1 saturated heterocycles. The summed E-state index contributed by atoms with van der Waals surface area (Å²) in [5.41, 5.74) is 4.60. The van der Waals surface area contributed by atoms with Crippen LogP contribution in [0.5, 0.6) is 0 Å². The Hall–Kier alpha value is -1.85. The van der Waals surface area contributed by atoms with E-state index >= 15 is 0 Å². The van der Waals surface area contributed by atoms with Crippen LogP contribution in [0, 0.1) is 13.8 Å². The molecule has 1 heterocycles. The summed E-state index contributed by atoms with van der Waals surface area (Å²) in [6.07, 6.45) is 0. The summed E-state index contributed by atoms with van der Waals surface area (Å²) in [5.74, 6) is 0.0877. The average Bonchev–Trinajstić information content (AvgIpc) is 2.59. The summed E-state index contributed by atoms with van der Waals surface area (Å²) in [7, 11) is 0. The number of amides is 1. The van der Waals surface area contributed by atoms with Crippen molar-refractivity contribution in [3.63, 3.8) is 0 Å². The topological polar surface area (TPSA) is 36.8 Å². The molecule has 1 aliphatic heterocycles. The number of rotatable bonds is 4. The first-order chi connectivity index (χ1) is 12.0. The summed E-state index contributed by atoms with van der Waals surface area (Å²) in [4.78, 5) is 16.1. The number of anilines is 2. The third-order valence-electron chi connectivity index (χ3n) is 4.80. The number of hydrogen-bond acceptors (Lipinski definition) is 2. The lowest BCUT2D eigenvalue weighted by atomic mass is 10.1. The van der Waals surface area contributed by atoms with Gasteiger partial charge in [0.2, 0.25) is 0 Å². The molecule has 0 atom stereocenters. The van der Waals surface area contributed by atoms with Crippen molar-refractivity contribution in [2.45, 2.75) is 13.8 Å². The SMILES string of the molecule is Cc1cc(Br)ccc1NC(=O)C[NH+]1CCN(c2ccccc2C)CC1. The van der Waals surface area contributed by atoms with E-state index in [0.29, 0.717) is 6.54 Å². The minimum Gasteiger partial charge on any atom is -0.360 e. The molecular weight excluding hydrogens is 378 g/mol. The van der Waals surface area contributed by atoms with Crippen molar-refractivity contribution in [2.24, 2.45) is 0 Å². The zero-order valence-electron chi connectivity index (χ0n) is 14.8. The van der Waals surface area contributed by atoms with Gasteiger partial charge in [0.1, 0.15) is 0 Å². The maximum Gasteiger partial charge on any atom is 0.279 e. The van der Waals surface area contributed by atoms with Crippen LogP contribution < -0.4 is 15.1 Å². The number of piperazine rings is 1. The molecule has 2 N–H and O–H groups in total. The van der Waals surface area contributed by atoms with Crippen molar-refractivity contribution in [1.82, 2.24) is 0 Å². The zero-order valence-corrected chi connectivity index (χ0v) is 16.4. The molecule has 1 fully saturated rings. The summed E-state index contributed by atoms with van der Waals surface area (Å²) >= 11 is 3.45. The predicted octanol–water partition coefficient (Wildman–Crippen LogP) is 2.41. The summed E-state index contributed by atoms with van der Waals surface area (Å²) in [6, 6.07) is 14.4. The van der Waals surface area contributed by atoms with E-state index in [9.17, 15) is 4.79 Å². The molecule has 0 aliphatic carbocycles. The fourth-order valence-corrected chi connectivity index (χ4v) is 3.82. The second kappa shape index (κ2) is 8.02. The van der Waals surface area contributed by atoms with E-state index in [2.05, 4.69) is 57.3 Å². The minimum absolute atomic E-state index is 0.0877. The van der Waals surface area contributed by atoms with Gasteiger partial charge < -0.3 is 15.1 Å². The van der Waals surface area contributed by atoms with E-state index in [1.807, 2.05) is 25.1 Å². The molecule has 2 aromatic rings. The molecule has 25 heavy (non-hydrogen) atoms. The van der Waals surface area contributed by atoms with Crippen LogP contribution in [0.15, 0.2) is 46.9 Å². The highest BCUT2D eigenvalue weighted by Gasteiger charge is 2.23. The van der Waals surface area contributed by atoms with Gasteiger partial charge in [0.15, 0.2) is 6.54 Å². The quantitative estimate of drug-likeness (QED) is 0.823. The van der Waals surface area contributed by atoms with Gasteiger partial charge in [-0.3, -0.25) is 4.79 Å². The highest BCUT2D eigenvalue weighted by atomic mass is 79.9. The lowest BCUT2D eigenvalue weighted by Gasteiger charge is -2.34. The predicted molar refractivity (Wildman–Crippen MR) is 106 cm³/mol. The lowest BCUT2D eigenvalue weighted by Crippen LogP contribution is -3.15. The number of quaternary nitrogens is 1. The molecule has 3 rings (SSSR count). The van der Waals surface area contributed by atoms with Crippen molar-refractivity contribution in [3.8, 4) is 0 Å². The number of benzene rings is 2. The first-order valence-electron chi connectivity index (χ1n) is 8.73. The number of hydrogen-bond donors (Lipinski definition) is 2.